The van der Waals surface area contributed by atoms with Gasteiger partial charge in [0.15, 0.2) is 0 Å². The molecule has 0 aromatic rings. The Morgan fingerprint density at radius 2 is 2.06 bits per heavy atom. The first-order valence-corrected chi connectivity index (χ1v) is 7.11. The number of nitrogens with one attached hydrogen (secondary N) is 1. The number of hydrogen-bond donors (Lipinski definition) is 1. The van der Waals surface area contributed by atoms with E-state index in [1.54, 1.807) is 0 Å². The SMILES string of the molecule is CCCCCNCC(C)N1CC(C)CC1C. The highest BCUT2D eigenvalue weighted by atomic mass is 15.2. The lowest BCUT2D eigenvalue weighted by Gasteiger charge is -2.28. The molecule has 1 aliphatic rings. The molecule has 0 bridgehead atoms. The predicted octanol–water partition coefficient (Wildman–Crippen LogP) is 2.89. The Bertz CT molecular complexity index is 182. The number of hydrogen-bond acceptors (Lipinski definition) is 2. The summed E-state index contributed by atoms with van der Waals surface area (Å²) in [7, 11) is 0. The van der Waals surface area contributed by atoms with Crippen LogP contribution in [0, 0.1) is 5.92 Å². The fraction of sp³-hybridized carbons (Fsp3) is 1.00. The smallest absolute Gasteiger partial charge is 0.0195 e. The van der Waals surface area contributed by atoms with Crippen LogP contribution in [-0.4, -0.2) is 36.6 Å². The van der Waals surface area contributed by atoms with E-state index < -0.39 is 0 Å². The van der Waals surface area contributed by atoms with Crippen molar-refractivity contribution in [3.63, 3.8) is 0 Å². The first-order valence-electron chi connectivity index (χ1n) is 7.11. The Labute approximate surface area is 102 Å². The van der Waals surface area contributed by atoms with Gasteiger partial charge < -0.3 is 5.32 Å². The highest BCUT2D eigenvalue weighted by Crippen LogP contribution is 2.24. The molecule has 0 spiro atoms. The van der Waals surface area contributed by atoms with Gasteiger partial charge in [-0.2, -0.15) is 0 Å². The van der Waals surface area contributed by atoms with Crippen molar-refractivity contribution >= 4 is 0 Å². The number of unbranched alkanes of at least 4 members (excludes halogenated alkanes) is 2. The molecule has 0 saturated carbocycles. The van der Waals surface area contributed by atoms with Crippen molar-refractivity contribution in [2.45, 2.75) is 65.5 Å². The molecule has 1 heterocycles. The van der Waals surface area contributed by atoms with Crippen LogP contribution in [0.25, 0.3) is 0 Å². The minimum Gasteiger partial charge on any atom is -0.315 e. The first kappa shape index (κ1) is 14.0. The molecule has 0 aromatic heterocycles. The van der Waals surface area contributed by atoms with Crippen molar-refractivity contribution in [3.8, 4) is 0 Å². The van der Waals surface area contributed by atoms with Gasteiger partial charge in [-0.15, -0.1) is 0 Å². The van der Waals surface area contributed by atoms with Crippen LogP contribution in [0.5, 0.6) is 0 Å². The van der Waals surface area contributed by atoms with Gasteiger partial charge in [0.05, 0.1) is 0 Å². The van der Waals surface area contributed by atoms with E-state index in [0.717, 1.165) is 18.5 Å². The molecule has 1 fully saturated rings. The van der Waals surface area contributed by atoms with Crippen molar-refractivity contribution < 1.29 is 0 Å². The molecule has 1 N–H and O–H groups in total. The molecule has 1 rings (SSSR count). The fourth-order valence-electron chi connectivity index (χ4n) is 2.87. The second kappa shape index (κ2) is 7.29. The summed E-state index contributed by atoms with van der Waals surface area (Å²) in [5.74, 6) is 0.887. The Hall–Kier alpha value is -0.0800. The van der Waals surface area contributed by atoms with Gasteiger partial charge in [-0.3, -0.25) is 4.90 Å². The maximum absolute atomic E-state index is 3.59. The molecule has 1 saturated heterocycles. The standard InChI is InChI=1S/C14H30N2/c1-5-6-7-8-15-10-14(4)16-11-12(2)9-13(16)3/h12-15H,5-11H2,1-4H3. The summed E-state index contributed by atoms with van der Waals surface area (Å²) < 4.78 is 0. The van der Waals surface area contributed by atoms with Gasteiger partial charge in [0.25, 0.3) is 0 Å². The van der Waals surface area contributed by atoms with Crippen molar-refractivity contribution in [2.75, 3.05) is 19.6 Å². The quantitative estimate of drug-likeness (QED) is 0.672. The largest absolute Gasteiger partial charge is 0.315 e. The summed E-state index contributed by atoms with van der Waals surface area (Å²) in [5, 5.41) is 3.59. The fourth-order valence-corrected chi connectivity index (χ4v) is 2.87. The number of rotatable bonds is 7. The third kappa shape index (κ3) is 4.42. The topological polar surface area (TPSA) is 15.3 Å². The second-order valence-electron chi connectivity index (χ2n) is 5.65. The molecular formula is C14H30N2. The van der Waals surface area contributed by atoms with E-state index >= 15 is 0 Å². The normalized spacial score (nSPS) is 28.5. The van der Waals surface area contributed by atoms with Gasteiger partial charge in [-0.05, 0) is 39.2 Å². The minimum absolute atomic E-state index is 0.696. The number of nitrogens with zero attached hydrogens (tertiary/aromatic N) is 1. The molecule has 3 atom stereocenters. The minimum atomic E-state index is 0.696. The van der Waals surface area contributed by atoms with E-state index in [0.29, 0.717) is 6.04 Å². The molecular weight excluding hydrogens is 196 g/mol. The lowest BCUT2D eigenvalue weighted by molar-refractivity contribution is 0.195. The van der Waals surface area contributed by atoms with Crippen LogP contribution in [0.4, 0.5) is 0 Å². The van der Waals surface area contributed by atoms with E-state index in [1.807, 2.05) is 0 Å². The molecule has 0 aliphatic carbocycles. The lowest BCUT2D eigenvalue weighted by atomic mass is 10.1. The van der Waals surface area contributed by atoms with Gasteiger partial charge in [-0.1, -0.05) is 26.7 Å². The van der Waals surface area contributed by atoms with E-state index in [2.05, 4.69) is 37.9 Å². The van der Waals surface area contributed by atoms with Crippen LogP contribution in [0.3, 0.4) is 0 Å². The average Bonchev–Trinajstić information content (AvgIpc) is 2.57. The molecule has 0 amide bonds. The number of likely N-dealkylation sites (tertiary alicyclic amines) is 1. The summed E-state index contributed by atoms with van der Waals surface area (Å²) in [6.07, 6.45) is 5.38. The Morgan fingerprint density at radius 3 is 2.62 bits per heavy atom. The van der Waals surface area contributed by atoms with Crippen LogP contribution in [-0.2, 0) is 0 Å². The Balaban J connectivity index is 2.12. The van der Waals surface area contributed by atoms with E-state index in [1.165, 1.54) is 38.8 Å². The van der Waals surface area contributed by atoms with Crippen molar-refractivity contribution in [3.05, 3.63) is 0 Å². The molecule has 3 unspecified atom stereocenters. The Kier molecular flexibility index (Phi) is 6.37. The zero-order valence-electron chi connectivity index (χ0n) is 11.6. The predicted molar refractivity (Wildman–Crippen MR) is 71.8 cm³/mol. The molecule has 96 valence electrons. The summed E-state index contributed by atoms with van der Waals surface area (Å²) >= 11 is 0. The van der Waals surface area contributed by atoms with E-state index in [4.69, 9.17) is 0 Å². The molecule has 0 aromatic carbocycles. The summed E-state index contributed by atoms with van der Waals surface area (Å²) in [6, 6.07) is 1.48. The summed E-state index contributed by atoms with van der Waals surface area (Å²) in [5.41, 5.74) is 0. The summed E-state index contributed by atoms with van der Waals surface area (Å²) in [6.45, 7) is 13.0. The highest BCUT2D eigenvalue weighted by molar-refractivity contribution is 4.84. The molecule has 2 heteroatoms. The van der Waals surface area contributed by atoms with E-state index in [9.17, 15) is 0 Å². The van der Waals surface area contributed by atoms with E-state index in [-0.39, 0.29) is 0 Å². The van der Waals surface area contributed by atoms with Crippen molar-refractivity contribution in [2.24, 2.45) is 5.92 Å². The van der Waals surface area contributed by atoms with Crippen LogP contribution in [0.1, 0.15) is 53.4 Å². The first-order chi connectivity index (χ1) is 7.65. The maximum atomic E-state index is 3.59. The van der Waals surface area contributed by atoms with Crippen molar-refractivity contribution in [1.29, 1.82) is 0 Å². The second-order valence-corrected chi connectivity index (χ2v) is 5.65. The maximum Gasteiger partial charge on any atom is 0.0195 e. The van der Waals surface area contributed by atoms with Gasteiger partial charge in [0.2, 0.25) is 0 Å². The molecule has 1 aliphatic heterocycles. The third-order valence-electron chi connectivity index (χ3n) is 3.80. The monoisotopic (exact) mass is 226 g/mol. The lowest BCUT2D eigenvalue weighted by Crippen LogP contribution is -2.42. The van der Waals surface area contributed by atoms with Crippen molar-refractivity contribution in [1.82, 2.24) is 10.2 Å². The van der Waals surface area contributed by atoms with Gasteiger partial charge in [0, 0.05) is 25.2 Å². The van der Waals surface area contributed by atoms with Gasteiger partial charge in [-0.25, -0.2) is 0 Å². The van der Waals surface area contributed by atoms with Crippen LogP contribution >= 0.6 is 0 Å². The average molecular weight is 226 g/mol. The van der Waals surface area contributed by atoms with Crippen LogP contribution < -0.4 is 5.32 Å². The summed E-state index contributed by atoms with van der Waals surface area (Å²) in [4.78, 5) is 2.66. The molecule has 2 nitrogen and oxygen atoms in total. The zero-order chi connectivity index (χ0) is 12.0. The zero-order valence-corrected chi connectivity index (χ0v) is 11.6. The molecule has 0 radical (unpaired) electrons. The van der Waals surface area contributed by atoms with Crippen LogP contribution in [0.2, 0.25) is 0 Å². The Morgan fingerprint density at radius 1 is 1.31 bits per heavy atom. The van der Waals surface area contributed by atoms with Crippen LogP contribution in [0.15, 0.2) is 0 Å². The third-order valence-corrected chi connectivity index (χ3v) is 3.80. The highest BCUT2D eigenvalue weighted by Gasteiger charge is 2.29. The molecule has 16 heavy (non-hydrogen) atoms. The van der Waals surface area contributed by atoms with Gasteiger partial charge in [0.1, 0.15) is 0 Å². The van der Waals surface area contributed by atoms with Gasteiger partial charge >= 0.3 is 0 Å².